The normalized spacial score (nSPS) is 10.6. The molecule has 0 aliphatic heterocycles. The SMILES string of the molecule is CCCc1nnnn1-c1ccc(C(=O)O)cc1F. The Morgan fingerprint density at radius 3 is 2.89 bits per heavy atom. The first-order valence-corrected chi connectivity index (χ1v) is 5.44. The maximum atomic E-state index is 13.8. The van der Waals surface area contributed by atoms with Crippen LogP contribution in [0.2, 0.25) is 0 Å². The van der Waals surface area contributed by atoms with Gasteiger partial charge in [0, 0.05) is 6.42 Å². The fourth-order valence-corrected chi connectivity index (χ4v) is 1.58. The summed E-state index contributed by atoms with van der Waals surface area (Å²) in [7, 11) is 0. The molecule has 0 aliphatic rings. The molecule has 1 aromatic carbocycles. The molecule has 0 bridgehead atoms. The number of halogens is 1. The second-order valence-electron chi connectivity index (χ2n) is 3.73. The van der Waals surface area contributed by atoms with Crippen LogP contribution in [0.5, 0.6) is 0 Å². The first kappa shape index (κ1) is 12.2. The zero-order chi connectivity index (χ0) is 13.1. The van der Waals surface area contributed by atoms with Crippen molar-refractivity contribution >= 4 is 5.97 Å². The molecule has 0 unspecified atom stereocenters. The number of aromatic carboxylic acids is 1. The molecule has 7 heteroatoms. The molecule has 0 fully saturated rings. The van der Waals surface area contributed by atoms with Crippen molar-refractivity contribution < 1.29 is 14.3 Å². The van der Waals surface area contributed by atoms with Crippen LogP contribution in [0.25, 0.3) is 5.69 Å². The molecule has 94 valence electrons. The molecule has 0 saturated heterocycles. The number of carboxylic acids is 1. The molecule has 18 heavy (non-hydrogen) atoms. The first-order chi connectivity index (χ1) is 8.63. The van der Waals surface area contributed by atoms with Gasteiger partial charge in [-0.05, 0) is 35.0 Å². The van der Waals surface area contributed by atoms with E-state index in [-0.39, 0.29) is 11.3 Å². The highest BCUT2D eigenvalue weighted by Crippen LogP contribution is 2.16. The van der Waals surface area contributed by atoms with Crippen LogP contribution >= 0.6 is 0 Å². The lowest BCUT2D eigenvalue weighted by Crippen LogP contribution is -2.07. The van der Waals surface area contributed by atoms with Crippen LogP contribution in [0.15, 0.2) is 18.2 Å². The number of hydrogen-bond acceptors (Lipinski definition) is 4. The Bertz CT molecular complexity index is 582. The minimum Gasteiger partial charge on any atom is -0.478 e. The zero-order valence-electron chi connectivity index (χ0n) is 9.67. The summed E-state index contributed by atoms with van der Waals surface area (Å²) in [6.07, 6.45) is 1.45. The Hall–Kier alpha value is -2.31. The summed E-state index contributed by atoms with van der Waals surface area (Å²) >= 11 is 0. The molecule has 0 atom stereocenters. The fourth-order valence-electron chi connectivity index (χ4n) is 1.58. The average Bonchev–Trinajstić information content (AvgIpc) is 2.77. The van der Waals surface area contributed by atoms with E-state index in [0.29, 0.717) is 12.2 Å². The lowest BCUT2D eigenvalue weighted by Gasteiger charge is -2.05. The van der Waals surface area contributed by atoms with Gasteiger partial charge in [-0.3, -0.25) is 0 Å². The van der Waals surface area contributed by atoms with E-state index in [0.717, 1.165) is 12.5 Å². The number of benzene rings is 1. The molecular formula is C11H11FN4O2. The van der Waals surface area contributed by atoms with Gasteiger partial charge in [0.1, 0.15) is 11.5 Å². The minimum atomic E-state index is -1.18. The summed E-state index contributed by atoms with van der Waals surface area (Å²) in [5, 5.41) is 19.8. The van der Waals surface area contributed by atoms with Crippen molar-refractivity contribution in [2.24, 2.45) is 0 Å². The molecule has 1 heterocycles. The maximum Gasteiger partial charge on any atom is 0.335 e. The lowest BCUT2D eigenvalue weighted by molar-refractivity contribution is 0.0696. The van der Waals surface area contributed by atoms with E-state index in [1.807, 2.05) is 6.92 Å². The predicted octanol–water partition coefficient (Wildman–Crippen LogP) is 1.45. The Morgan fingerprint density at radius 1 is 1.50 bits per heavy atom. The molecule has 0 saturated carbocycles. The van der Waals surface area contributed by atoms with Gasteiger partial charge in [0.05, 0.1) is 5.56 Å². The first-order valence-electron chi connectivity index (χ1n) is 5.44. The largest absolute Gasteiger partial charge is 0.478 e. The highest BCUT2D eigenvalue weighted by atomic mass is 19.1. The van der Waals surface area contributed by atoms with Crippen molar-refractivity contribution in [3.8, 4) is 5.69 Å². The number of nitrogens with zero attached hydrogens (tertiary/aromatic N) is 4. The highest BCUT2D eigenvalue weighted by molar-refractivity contribution is 5.87. The predicted molar refractivity (Wildman–Crippen MR) is 60.1 cm³/mol. The van der Waals surface area contributed by atoms with Crippen LogP contribution in [0, 0.1) is 5.82 Å². The quantitative estimate of drug-likeness (QED) is 0.888. The molecule has 0 aliphatic carbocycles. The van der Waals surface area contributed by atoms with Gasteiger partial charge < -0.3 is 5.11 Å². The van der Waals surface area contributed by atoms with E-state index in [2.05, 4.69) is 15.5 Å². The van der Waals surface area contributed by atoms with Gasteiger partial charge in [0.15, 0.2) is 5.82 Å². The van der Waals surface area contributed by atoms with Crippen molar-refractivity contribution in [2.75, 3.05) is 0 Å². The molecule has 1 aromatic heterocycles. The lowest BCUT2D eigenvalue weighted by atomic mass is 10.2. The van der Waals surface area contributed by atoms with E-state index < -0.39 is 11.8 Å². The summed E-state index contributed by atoms with van der Waals surface area (Å²) in [6, 6.07) is 3.63. The fraction of sp³-hybridized carbons (Fsp3) is 0.273. The van der Waals surface area contributed by atoms with Crippen LogP contribution in [-0.4, -0.2) is 31.3 Å². The van der Waals surface area contributed by atoms with Crippen molar-refractivity contribution in [1.29, 1.82) is 0 Å². The van der Waals surface area contributed by atoms with Crippen molar-refractivity contribution in [3.63, 3.8) is 0 Å². The minimum absolute atomic E-state index is 0.110. The van der Waals surface area contributed by atoms with Gasteiger partial charge in [-0.15, -0.1) is 5.10 Å². The second-order valence-corrected chi connectivity index (χ2v) is 3.73. The Morgan fingerprint density at radius 2 is 2.28 bits per heavy atom. The number of aromatic nitrogens is 4. The summed E-state index contributed by atoms with van der Waals surface area (Å²) < 4.78 is 15.1. The van der Waals surface area contributed by atoms with Gasteiger partial charge in [0.25, 0.3) is 0 Å². The third kappa shape index (κ3) is 2.20. The number of rotatable bonds is 4. The van der Waals surface area contributed by atoms with Gasteiger partial charge in [-0.25, -0.2) is 9.18 Å². The van der Waals surface area contributed by atoms with Crippen LogP contribution in [0.4, 0.5) is 4.39 Å². The number of tetrazole rings is 1. The molecule has 0 amide bonds. The van der Waals surface area contributed by atoms with Crippen molar-refractivity contribution in [3.05, 3.63) is 35.4 Å². The summed E-state index contributed by atoms with van der Waals surface area (Å²) in [4.78, 5) is 10.7. The Kier molecular flexibility index (Phi) is 3.31. The number of hydrogen-bond donors (Lipinski definition) is 1. The molecule has 2 aromatic rings. The topological polar surface area (TPSA) is 80.9 Å². The third-order valence-corrected chi connectivity index (χ3v) is 2.43. The third-order valence-electron chi connectivity index (χ3n) is 2.43. The number of carbonyl (C=O) groups is 1. The molecule has 0 spiro atoms. The standard InChI is InChI=1S/C11H11FN4O2/c1-2-3-10-13-14-15-16(10)9-5-4-7(11(17)18)6-8(9)12/h4-6H,2-3H2,1H3,(H,17,18). The second kappa shape index (κ2) is 4.91. The molecule has 6 nitrogen and oxygen atoms in total. The Balaban J connectivity index is 2.44. The molecule has 0 radical (unpaired) electrons. The molecular weight excluding hydrogens is 239 g/mol. The molecule has 1 N–H and O–H groups in total. The maximum absolute atomic E-state index is 13.8. The van der Waals surface area contributed by atoms with Gasteiger partial charge in [-0.1, -0.05) is 6.92 Å². The van der Waals surface area contributed by atoms with Crippen molar-refractivity contribution in [2.45, 2.75) is 19.8 Å². The molecule has 2 rings (SSSR count). The van der Waals surface area contributed by atoms with Crippen LogP contribution < -0.4 is 0 Å². The smallest absolute Gasteiger partial charge is 0.335 e. The van der Waals surface area contributed by atoms with Gasteiger partial charge in [0.2, 0.25) is 0 Å². The van der Waals surface area contributed by atoms with E-state index in [9.17, 15) is 9.18 Å². The zero-order valence-corrected chi connectivity index (χ0v) is 9.67. The van der Waals surface area contributed by atoms with Crippen LogP contribution in [-0.2, 0) is 6.42 Å². The average molecular weight is 250 g/mol. The Labute approximate surface area is 102 Å². The van der Waals surface area contributed by atoms with E-state index in [4.69, 9.17) is 5.11 Å². The number of aryl methyl sites for hydroxylation is 1. The van der Waals surface area contributed by atoms with E-state index >= 15 is 0 Å². The van der Waals surface area contributed by atoms with Crippen LogP contribution in [0.3, 0.4) is 0 Å². The van der Waals surface area contributed by atoms with E-state index in [1.54, 1.807) is 0 Å². The highest BCUT2D eigenvalue weighted by Gasteiger charge is 2.14. The van der Waals surface area contributed by atoms with Crippen molar-refractivity contribution in [1.82, 2.24) is 20.2 Å². The summed E-state index contributed by atoms with van der Waals surface area (Å²) in [6.45, 7) is 1.96. The summed E-state index contributed by atoms with van der Waals surface area (Å²) in [5.74, 6) is -1.30. The number of carboxylic acid groups (broad SMARTS) is 1. The van der Waals surface area contributed by atoms with Crippen LogP contribution in [0.1, 0.15) is 29.5 Å². The van der Waals surface area contributed by atoms with Gasteiger partial charge >= 0.3 is 5.97 Å². The van der Waals surface area contributed by atoms with Gasteiger partial charge in [-0.2, -0.15) is 4.68 Å². The van der Waals surface area contributed by atoms with E-state index in [1.165, 1.54) is 16.8 Å². The monoisotopic (exact) mass is 250 g/mol. The summed E-state index contributed by atoms with van der Waals surface area (Å²) in [5.41, 5.74) is 0.0369.